The average molecular weight is 314 g/mol. The molecular formula is C17H22N4O2. The van der Waals surface area contributed by atoms with Crippen LogP contribution >= 0.6 is 0 Å². The molecule has 3 rings (SSSR count). The van der Waals surface area contributed by atoms with Gasteiger partial charge in [-0.05, 0) is 26.0 Å². The zero-order valence-corrected chi connectivity index (χ0v) is 13.7. The van der Waals surface area contributed by atoms with Crippen molar-refractivity contribution >= 4 is 22.4 Å². The molecule has 0 amide bonds. The maximum absolute atomic E-state index is 10.3. The molecule has 0 radical (unpaired) electrons. The molecule has 0 saturated heterocycles. The highest BCUT2D eigenvalue weighted by Crippen LogP contribution is 2.28. The Morgan fingerprint density at radius 3 is 2.78 bits per heavy atom. The van der Waals surface area contributed by atoms with E-state index in [2.05, 4.69) is 4.98 Å². The molecule has 0 spiro atoms. The molecule has 23 heavy (non-hydrogen) atoms. The van der Waals surface area contributed by atoms with E-state index in [0.717, 1.165) is 11.0 Å². The van der Waals surface area contributed by atoms with Gasteiger partial charge in [0, 0.05) is 13.6 Å². The first-order valence-corrected chi connectivity index (χ1v) is 7.78. The van der Waals surface area contributed by atoms with Crippen molar-refractivity contribution in [3.05, 3.63) is 35.8 Å². The molecule has 0 unspecified atom stereocenters. The number of rotatable bonds is 5. The van der Waals surface area contributed by atoms with Crippen molar-refractivity contribution in [2.24, 2.45) is 7.05 Å². The largest absolute Gasteiger partial charge is 0.510 e. The fraction of sp³-hybridized carbons (Fsp3) is 0.412. The molecule has 1 aliphatic heterocycles. The van der Waals surface area contributed by atoms with Crippen molar-refractivity contribution in [3.8, 4) is 0 Å². The van der Waals surface area contributed by atoms with Crippen LogP contribution in [0.15, 0.2) is 30.0 Å². The van der Waals surface area contributed by atoms with Gasteiger partial charge < -0.3 is 19.3 Å². The maximum Gasteiger partial charge on any atom is 0.148 e. The molecule has 0 atom stereocenters. The van der Waals surface area contributed by atoms with Gasteiger partial charge in [0.05, 0.1) is 35.9 Å². The van der Waals surface area contributed by atoms with Crippen molar-refractivity contribution < 1.29 is 9.84 Å². The minimum absolute atomic E-state index is 0.160. The highest BCUT2D eigenvalue weighted by atomic mass is 16.5. The number of hydrogen-bond donors (Lipinski definition) is 2. The molecule has 2 heterocycles. The van der Waals surface area contributed by atoms with Gasteiger partial charge in [0.25, 0.3) is 0 Å². The highest BCUT2D eigenvalue weighted by Gasteiger charge is 2.31. The van der Waals surface area contributed by atoms with Crippen molar-refractivity contribution in [2.45, 2.75) is 20.0 Å². The van der Waals surface area contributed by atoms with Gasteiger partial charge in [0.1, 0.15) is 17.4 Å². The van der Waals surface area contributed by atoms with Crippen LogP contribution in [0.4, 0.5) is 0 Å². The third-order valence-corrected chi connectivity index (χ3v) is 4.01. The van der Waals surface area contributed by atoms with Gasteiger partial charge in [-0.3, -0.25) is 5.41 Å². The highest BCUT2D eigenvalue weighted by molar-refractivity contribution is 6.23. The summed E-state index contributed by atoms with van der Waals surface area (Å²) >= 11 is 0. The molecule has 1 aromatic carbocycles. The van der Waals surface area contributed by atoms with Gasteiger partial charge in [0.2, 0.25) is 0 Å². The first-order chi connectivity index (χ1) is 11.0. The Hall–Kier alpha value is -2.34. The molecule has 0 aliphatic carbocycles. The van der Waals surface area contributed by atoms with Gasteiger partial charge in [0.15, 0.2) is 0 Å². The Morgan fingerprint density at radius 2 is 2.09 bits per heavy atom. The molecule has 2 N–H and O–H groups in total. The normalized spacial score (nSPS) is 15.5. The summed E-state index contributed by atoms with van der Waals surface area (Å²) in [5.74, 6) is 1.12. The van der Waals surface area contributed by atoms with Crippen LogP contribution in [0.2, 0.25) is 0 Å². The molecule has 0 fully saturated rings. The van der Waals surface area contributed by atoms with E-state index >= 15 is 0 Å². The second-order valence-corrected chi connectivity index (χ2v) is 5.99. The molecule has 2 aromatic rings. The number of aliphatic hydroxyl groups excluding tert-OH is 1. The Balaban J connectivity index is 1.85. The lowest BCUT2D eigenvalue weighted by Crippen LogP contribution is -2.31. The SMILES string of the molecule is CC(C)OCCN1CC(O)=C(c2nc3ccccc3n2C)C1=N. The van der Waals surface area contributed by atoms with E-state index in [9.17, 15) is 5.11 Å². The minimum Gasteiger partial charge on any atom is -0.510 e. The van der Waals surface area contributed by atoms with Gasteiger partial charge in [-0.1, -0.05) is 12.1 Å². The fourth-order valence-corrected chi connectivity index (χ4v) is 2.83. The van der Waals surface area contributed by atoms with Crippen LogP contribution in [0.5, 0.6) is 0 Å². The molecular weight excluding hydrogens is 292 g/mol. The van der Waals surface area contributed by atoms with Crippen molar-refractivity contribution in [3.63, 3.8) is 0 Å². The molecule has 6 heteroatoms. The van der Waals surface area contributed by atoms with Crippen molar-refractivity contribution in [1.29, 1.82) is 5.41 Å². The summed E-state index contributed by atoms with van der Waals surface area (Å²) in [4.78, 5) is 6.40. The Bertz CT molecular complexity index is 776. The van der Waals surface area contributed by atoms with Crippen LogP contribution in [0.3, 0.4) is 0 Å². The first kappa shape index (κ1) is 15.6. The molecule has 1 aromatic heterocycles. The summed E-state index contributed by atoms with van der Waals surface area (Å²) in [6.07, 6.45) is 0.160. The lowest BCUT2D eigenvalue weighted by molar-refractivity contribution is 0.0705. The summed E-state index contributed by atoms with van der Waals surface area (Å²) in [6.45, 7) is 5.41. The van der Waals surface area contributed by atoms with E-state index in [1.807, 2.05) is 54.6 Å². The Kier molecular flexibility index (Phi) is 4.09. The zero-order valence-electron chi connectivity index (χ0n) is 13.7. The number of aromatic nitrogens is 2. The van der Waals surface area contributed by atoms with Crippen LogP contribution in [0.1, 0.15) is 19.7 Å². The predicted molar refractivity (Wildman–Crippen MR) is 90.7 cm³/mol. The van der Waals surface area contributed by atoms with Crippen molar-refractivity contribution in [1.82, 2.24) is 14.5 Å². The van der Waals surface area contributed by atoms with E-state index < -0.39 is 0 Å². The number of para-hydroxylation sites is 2. The number of aliphatic hydroxyl groups is 1. The Labute approximate surface area is 135 Å². The number of nitrogens with one attached hydrogen (secondary N) is 1. The molecule has 6 nitrogen and oxygen atoms in total. The first-order valence-electron chi connectivity index (χ1n) is 7.78. The third-order valence-electron chi connectivity index (χ3n) is 4.01. The van der Waals surface area contributed by atoms with Gasteiger partial charge in [-0.15, -0.1) is 0 Å². The summed E-state index contributed by atoms with van der Waals surface area (Å²) in [6, 6.07) is 7.81. The number of amidine groups is 1. The average Bonchev–Trinajstić information content (AvgIpc) is 2.97. The summed E-state index contributed by atoms with van der Waals surface area (Å²) in [5.41, 5.74) is 2.35. The van der Waals surface area contributed by atoms with Crippen molar-refractivity contribution in [2.75, 3.05) is 19.7 Å². The number of fused-ring (bicyclic) bond motifs is 1. The molecule has 122 valence electrons. The van der Waals surface area contributed by atoms with Gasteiger partial charge in [-0.25, -0.2) is 4.98 Å². The molecule has 1 aliphatic rings. The topological polar surface area (TPSA) is 74.4 Å². The van der Waals surface area contributed by atoms with E-state index in [0.29, 0.717) is 36.9 Å². The smallest absolute Gasteiger partial charge is 0.148 e. The zero-order chi connectivity index (χ0) is 16.6. The monoisotopic (exact) mass is 314 g/mol. The van der Waals surface area contributed by atoms with E-state index in [-0.39, 0.29) is 11.9 Å². The van der Waals surface area contributed by atoms with Crippen LogP contribution in [-0.2, 0) is 11.8 Å². The summed E-state index contributed by atoms with van der Waals surface area (Å²) in [7, 11) is 1.91. The molecule has 0 bridgehead atoms. The number of ether oxygens (including phenoxy) is 1. The lowest BCUT2D eigenvalue weighted by Gasteiger charge is -2.19. The van der Waals surface area contributed by atoms with Crippen LogP contribution < -0.4 is 0 Å². The number of imidazole rings is 1. The Morgan fingerprint density at radius 1 is 1.35 bits per heavy atom. The van der Waals surface area contributed by atoms with E-state index in [1.54, 1.807) is 0 Å². The number of benzene rings is 1. The standard InChI is InChI=1S/C17H22N4O2/c1-11(2)23-9-8-21-10-14(22)15(16(21)18)17-19-12-6-4-5-7-13(12)20(17)3/h4-7,11,18,22H,8-10H2,1-3H3. The van der Waals surface area contributed by atoms with Gasteiger partial charge in [-0.2, -0.15) is 0 Å². The predicted octanol–water partition coefficient (Wildman–Crippen LogP) is 2.56. The van der Waals surface area contributed by atoms with E-state index in [4.69, 9.17) is 10.1 Å². The minimum atomic E-state index is 0.160. The number of nitrogens with zero attached hydrogens (tertiary/aromatic N) is 3. The third kappa shape index (κ3) is 2.82. The lowest BCUT2D eigenvalue weighted by atomic mass is 10.2. The fourth-order valence-electron chi connectivity index (χ4n) is 2.83. The number of hydrogen-bond acceptors (Lipinski definition) is 4. The van der Waals surface area contributed by atoms with Crippen LogP contribution in [-0.4, -0.2) is 51.2 Å². The second kappa shape index (κ2) is 6.04. The maximum atomic E-state index is 10.3. The summed E-state index contributed by atoms with van der Waals surface area (Å²) in [5, 5.41) is 18.7. The van der Waals surface area contributed by atoms with Gasteiger partial charge >= 0.3 is 0 Å². The molecule has 0 saturated carbocycles. The van der Waals surface area contributed by atoms with E-state index in [1.165, 1.54) is 0 Å². The quantitative estimate of drug-likeness (QED) is 0.889. The summed E-state index contributed by atoms with van der Waals surface area (Å²) < 4.78 is 7.46. The second-order valence-electron chi connectivity index (χ2n) is 5.99. The van der Waals surface area contributed by atoms with Crippen LogP contribution in [0.25, 0.3) is 16.6 Å². The van der Waals surface area contributed by atoms with Crippen LogP contribution in [0, 0.1) is 5.41 Å². The number of aryl methyl sites for hydroxylation is 1.